The number of nitrogens with two attached hydrogens (primary N) is 2. The fraction of sp³-hybridized carbons (Fsp3) is 0.439. The van der Waals surface area contributed by atoms with Gasteiger partial charge in [-0.1, -0.05) is 119 Å². The molecule has 0 aliphatic carbocycles. The summed E-state index contributed by atoms with van der Waals surface area (Å²) in [5.74, 6) is 8.52. The number of terminal acetylenes is 1. The summed E-state index contributed by atoms with van der Waals surface area (Å²) in [6.45, 7) is 26.2. The third-order valence-corrected chi connectivity index (χ3v) is 19.4. The lowest BCUT2D eigenvalue weighted by Crippen LogP contribution is -2.39. The van der Waals surface area contributed by atoms with E-state index in [4.69, 9.17) is 83.2 Å². The minimum atomic E-state index is -0.526. The molecule has 0 unspecified atom stereocenters. The number of hydrogen-bond acceptors (Lipinski definition) is 21. The molecule has 0 radical (unpaired) electrons. The monoisotopic (exact) mass is 1670 g/mol. The van der Waals surface area contributed by atoms with E-state index in [2.05, 4.69) is 106 Å². The van der Waals surface area contributed by atoms with E-state index in [9.17, 15) is 19.2 Å². The number of amides is 4. The van der Waals surface area contributed by atoms with Crippen LogP contribution in [0.3, 0.4) is 0 Å². The number of carbonyl (C=O) groups excluding carboxylic acids is 4. The van der Waals surface area contributed by atoms with Crippen LogP contribution in [-0.2, 0) is 18.9 Å². The maximum atomic E-state index is 12.6. The Morgan fingerprint density at radius 1 is 0.443 bits per heavy atom. The Balaban J connectivity index is 0.000000161. The van der Waals surface area contributed by atoms with Crippen molar-refractivity contribution in [3.05, 3.63) is 154 Å². The topological polar surface area (TPSA) is 358 Å². The van der Waals surface area contributed by atoms with E-state index >= 15 is 0 Å². The fourth-order valence-electron chi connectivity index (χ4n) is 13.1. The smallest absolute Gasteiger partial charge is 0.411 e. The van der Waals surface area contributed by atoms with Gasteiger partial charge in [0.1, 0.15) is 76.6 Å². The lowest BCUT2D eigenvalue weighted by Gasteiger charge is -2.28. The zero-order valence-electron chi connectivity index (χ0n) is 66.6. The summed E-state index contributed by atoms with van der Waals surface area (Å²) in [7, 11) is 0. The molecule has 33 heteroatoms. The number of aromatic nitrogens is 13. The van der Waals surface area contributed by atoms with Crippen LogP contribution in [0.2, 0.25) is 20.6 Å². The van der Waals surface area contributed by atoms with Crippen molar-refractivity contribution in [2.24, 2.45) is 0 Å². The SMILES string of the molecule is C#C[C@@H]1CCCN1C(=O)OC(C)(C)C.CC(C)(C)OC(=O)N1CCC[C@H]1C#Cc1ncnc(Cl)c1N.CC(C)(C)OC(=O)N1CCC[C@H]1c1cc2ncnc(-c3ccccc3)c2[nH]1.CC(C)(C)OC(=O)N1CCC[C@H]1c1cc2ncnc(Cl)c2[nH]1.Cl.Nc1c(Cl)ncnc1Cl.c1ccc(-c2ncnc3cc([C@@H]4CCCN4)[nH]c23)cc1. The van der Waals surface area contributed by atoms with Crippen LogP contribution in [0.25, 0.3) is 55.6 Å². The second-order valence-electron chi connectivity index (χ2n) is 31.5. The number of benzene rings is 2. The van der Waals surface area contributed by atoms with Gasteiger partial charge in [-0.05, 0) is 178 Å². The third-order valence-electron chi connectivity index (χ3n) is 18.2. The van der Waals surface area contributed by atoms with Crippen molar-refractivity contribution in [2.75, 3.05) is 44.2 Å². The van der Waals surface area contributed by atoms with E-state index in [0.29, 0.717) is 48.6 Å². The number of ether oxygens (including phenoxy) is 4. The second-order valence-corrected chi connectivity index (χ2v) is 32.9. The van der Waals surface area contributed by atoms with Crippen molar-refractivity contribution < 1.29 is 38.1 Å². The van der Waals surface area contributed by atoms with E-state index in [1.54, 1.807) is 27.4 Å². The molecule has 5 atom stereocenters. The standard InChI is InChI=1S/C21H24N4O2.C16H16N4.2C15H19ClN4O2.C11H17NO2.C4H3Cl2N3.ClH/c1-21(2,3)27-20(26)25-11-7-10-17(25)15-12-16-19(24-15)18(23-13-22-16)14-8-5-4-6-9-14;1-2-5-11(6-3-1)15-16-14(18-10-19-15)9-13(20-16)12-7-4-8-17-12;1-15(2,3)22-14(21)20-6-4-5-11(20)9-7-10-12(19-9)13(16)18-8-17-10;1-15(2,3)22-14(21)20-8-4-5-10(20)6-7-11-12(17)13(16)19-9-18-11;1-5-9-7-6-8-12(9)10(13)14-11(2,3)4;5-3-2(7)4(6)9-1-8-3;/h4-6,8-9,12-13,17,24H,7,10-11H2,1-3H3;1-3,5-6,9-10,12,17,20H,4,7-8H2;7-8,11,19H,4-6H2,1-3H3;9-10H,4-5,8,17H2,1-3H3;1,9H,6-8H2,2-4H3;1H,7H2;1H/t17-;12-;11-;10-;9-;;/m00001../s1. The number of aromatic amines is 3. The van der Waals surface area contributed by atoms with Crippen molar-refractivity contribution in [3.63, 3.8) is 0 Å². The Hall–Kier alpha value is -10.3. The number of rotatable bonds is 5. The zero-order valence-corrected chi connectivity index (χ0v) is 70.4. The second kappa shape index (κ2) is 39.3. The van der Waals surface area contributed by atoms with Crippen molar-refractivity contribution in [1.82, 2.24) is 89.7 Å². The van der Waals surface area contributed by atoms with Crippen molar-refractivity contribution in [2.45, 2.75) is 200 Å². The number of nitrogens with zero attached hydrogens (tertiary/aromatic N) is 14. The number of fused-ring (bicyclic) bond motifs is 3. The Morgan fingerprint density at radius 3 is 1.24 bits per heavy atom. The molecule has 28 nitrogen and oxygen atoms in total. The molecule has 115 heavy (non-hydrogen) atoms. The summed E-state index contributed by atoms with van der Waals surface area (Å²) in [5, 5.41) is 4.46. The van der Waals surface area contributed by atoms with Gasteiger partial charge in [0.05, 0.1) is 63.1 Å². The predicted octanol–water partition coefficient (Wildman–Crippen LogP) is 17.7. The van der Waals surface area contributed by atoms with Crippen LogP contribution in [0.5, 0.6) is 0 Å². The highest BCUT2D eigenvalue weighted by Gasteiger charge is 2.38. The highest BCUT2D eigenvalue weighted by Crippen LogP contribution is 2.38. The van der Waals surface area contributed by atoms with Crippen molar-refractivity contribution >= 4 is 128 Å². The van der Waals surface area contributed by atoms with Gasteiger partial charge in [0.2, 0.25) is 0 Å². The van der Waals surface area contributed by atoms with Gasteiger partial charge >= 0.3 is 24.4 Å². The highest BCUT2D eigenvalue weighted by molar-refractivity contribution is 6.37. The lowest BCUT2D eigenvalue weighted by molar-refractivity contribution is 0.0211. The number of halogens is 5. The molecule has 0 spiro atoms. The normalized spacial score (nSPS) is 17.8. The fourth-order valence-corrected chi connectivity index (χ4v) is 13.8. The summed E-state index contributed by atoms with van der Waals surface area (Å²) >= 11 is 22.8. The first-order chi connectivity index (χ1) is 54.1. The van der Waals surface area contributed by atoms with E-state index < -0.39 is 22.4 Å². The largest absolute Gasteiger partial charge is 0.444 e. The number of hydrogen-bond donors (Lipinski definition) is 6. The number of nitrogens with one attached hydrogen (secondary N) is 4. The van der Waals surface area contributed by atoms with Crippen molar-refractivity contribution in [3.8, 4) is 46.7 Å². The average Bonchev–Trinajstić information content (AvgIpc) is 1.64. The molecule has 0 bridgehead atoms. The van der Waals surface area contributed by atoms with Crippen LogP contribution >= 0.6 is 58.8 Å². The summed E-state index contributed by atoms with van der Waals surface area (Å²) in [4.78, 5) is 107. The average molecular weight is 1670 g/mol. The van der Waals surface area contributed by atoms with Gasteiger partial charge in [-0.25, -0.2) is 69.0 Å². The number of likely N-dealkylation sites (tertiary alicyclic amines) is 4. The number of H-pyrrole nitrogens is 3. The summed E-state index contributed by atoms with van der Waals surface area (Å²) < 4.78 is 21.7. The maximum absolute atomic E-state index is 12.6. The van der Waals surface area contributed by atoms with Gasteiger partial charge in [-0.15, -0.1) is 18.8 Å². The molecule has 8 N–H and O–H groups in total. The molecule has 15 rings (SSSR count). The lowest BCUT2D eigenvalue weighted by atomic mass is 10.1. The molecule has 5 saturated heterocycles. The van der Waals surface area contributed by atoms with Gasteiger partial charge in [0.15, 0.2) is 20.6 Å². The summed E-state index contributed by atoms with van der Waals surface area (Å²) in [5.41, 5.74) is 22.3. The first-order valence-electron chi connectivity index (χ1n) is 37.8. The van der Waals surface area contributed by atoms with Crippen LogP contribution in [0, 0.1) is 24.2 Å². The van der Waals surface area contributed by atoms with Crippen LogP contribution in [0.1, 0.15) is 188 Å². The van der Waals surface area contributed by atoms with E-state index in [-0.39, 0.29) is 87.8 Å². The Morgan fingerprint density at radius 2 is 0.809 bits per heavy atom. The first-order valence-corrected chi connectivity index (χ1v) is 39.3. The quantitative estimate of drug-likeness (QED) is 0.0529. The minimum absolute atomic E-state index is 0. The Kier molecular flexibility index (Phi) is 30.3. The molecule has 610 valence electrons. The van der Waals surface area contributed by atoms with Gasteiger partial charge in [-0.3, -0.25) is 19.6 Å². The van der Waals surface area contributed by atoms with Gasteiger partial charge in [-0.2, -0.15) is 0 Å². The van der Waals surface area contributed by atoms with Crippen LogP contribution < -0.4 is 16.8 Å². The number of carbonyl (C=O) groups is 4. The number of nitrogen functional groups attached to an aromatic ring is 2. The molecule has 2 aromatic carbocycles. The van der Waals surface area contributed by atoms with Gasteiger partial charge < -0.3 is 50.7 Å². The van der Waals surface area contributed by atoms with Crippen LogP contribution in [0.4, 0.5) is 30.6 Å². The molecule has 0 saturated carbocycles. The summed E-state index contributed by atoms with van der Waals surface area (Å²) in [6.07, 6.45) is 21.0. The molecule has 5 aliphatic rings. The van der Waals surface area contributed by atoms with Gasteiger partial charge in [0, 0.05) is 60.4 Å². The molecule has 5 fully saturated rings. The third kappa shape index (κ3) is 24.4. The Labute approximate surface area is 695 Å². The van der Waals surface area contributed by atoms with Crippen molar-refractivity contribution in [1.29, 1.82) is 0 Å². The molecule has 10 aromatic rings. The van der Waals surface area contributed by atoms with Crippen LogP contribution in [0.15, 0.2) is 110 Å². The molecule has 5 aliphatic heterocycles. The highest BCUT2D eigenvalue weighted by atomic mass is 35.5. The number of anilines is 2. The predicted molar refractivity (Wildman–Crippen MR) is 450 cm³/mol. The zero-order chi connectivity index (χ0) is 82.2. The van der Waals surface area contributed by atoms with E-state index in [1.165, 1.54) is 37.5 Å². The molecule has 8 aromatic heterocycles. The molecule has 4 amide bonds. The van der Waals surface area contributed by atoms with E-state index in [0.717, 1.165) is 119 Å². The maximum Gasteiger partial charge on any atom is 0.411 e. The first kappa shape index (κ1) is 88.6. The van der Waals surface area contributed by atoms with Crippen LogP contribution in [-0.4, -0.2) is 176 Å². The van der Waals surface area contributed by atoms with E-state index in [1.807, 2.05) is 149 Å². The molecular formula is C82H99Cl5N20O8. The molecular weight excluding hydrogens is 1570 g/mol. The molecule has 13 heterocycles. The Bertz CT molecular complexity index is 5060. The minimum Gasteiger partial charge on any atom is -0.444 e. The summed E-state index contributed by atoms with van der Waals surface area (Å²) in [6, 6.07) is 26.4. The van der Waals surface area contributed by atoms with Gasteiger partial charge in [0.25, 0.3) is 0 Å².